The lowest BCUT2D eigenvalue weighted by atomic mass is 9.83. The van der Waals surface area contributed by atoms with Gasteiger partial charge in [-0.1, -0.05) is 24.1 Å². The number of aromatic amines is 1. The molecule has 0 radical (unpaired) electrons. The van der Waals surface area contributed by atoms with Crippen LogP contribution in [0.3, 0.4) is 0 Å². The Bertz CT molecular complexity index is 674. The number of anilines is 1. The van der Waals surface area contributed by atoms with Gasteiger partial charge in [-0.15, -0.1) is 10.2 Å². The number of tetrazole rings is 1. The summed E-state index contributed by atoms with van der Waals surface area (Å²) in [6, 6.07) is 5.91. The molecule has 0 aromatic carbocycles. The fraction of sp³-hybridized carbons (Fsp3) is 0.562. The van der Waals surface area contributed by atoms with Gasteiger partial charge in [0.05, 0.1) is 0 Å². The van der Waals surface area contributed by atoms with E-state index in [0.29, 0.717) is 18.9 Å². The summed E-state index contributed by atoms with van der Waals surface area (Å²) in [6.07, 6.45) is 5.50. The molecule has 126 valence electrons. The molecule has 2 aromatic rings. The molecular formula is C16H21N7O. The molecule has 3 heterocycles. The molecule has 8 nitrogen and oxygen atoms in total. The Balaban J connectivity index is 1.48. The van der Waals surface area contributed by atoms with E-state index in [-0.39, 0.29) is 5.91 Å². The van der Waals surface area contributed by atoms with E-state index in [1.165, 1.54) is 0 Å². The molecule has 2 aliphatic rings. The number of pyridine rings is 1. The number of H-pyrrole nitrogens is 1. The van der Waals surface area contributed by atoms with Crippen molar-refractivity contribution in [2.24, 2.45) is 0 Å². The predicted octanol–water partition coefficient (Wildman–Crippen LogP) is 0.755. The number of hydrogen-bond acceptors (Lipinski definition) is 6. The minimum Gasteiger partial charge on any atom is -0.353 e. The van der Waals surface area contributed by atoms with Gasteiger partial charge in [0.25, 0.3) is 0 Å². The van der Waals surface area contributed by atoms with E-state index >= 15 is 0 Å². The van der Waals surface area contributed by atoms with Crippen LogP contribution < -0.4 is 4.90 Å². The number of piperazine rings is 1. The van der Waals surface area contributed by atoms with Crippen LogP contribution in [-0.4, -0.2) is 62.6 Å². The van der Waals surface area contributed by atoms with Gasteiger partial charge in [-0.05, 0) is 25.0 Å². The van der Waals surface area contributed by atoms with Gasteiger partial charge in [0.15, 0.2) is 5.82 Å². The maximum atomic E-state index is 13.2. The van der Waals surface area contributed by atoms with Gasteiger partial charge < -0.3 is 9.80 Å². The lowest BCUT2D eigenvalue weighted by Gasteiger charge is -2.39. The zero-order chi connectivity index (χ0) is 16.4. The number of aromatic nitrogens is 5. The molecule has 1 aliphatic carbocycles. The third-order valence-electron chi connectivity index (χ3n) is 5.18. The highest BCUT2D eigenvalue weighted by Crippen LogP contribution is 2.40. The van der Waals surface area contributed by atoms with Crippen molar-refractivity contribution in [2.45, 2.75) is 31.1 Å². The minimum absolute atomic E-state index is 0.155. The largest absolute Gasteiger partial charge is 0.353 e. The molecule has 1 N–H and O–H groups in total. The van der Waals surface area contributed by atoms with Gasteiger partial charge >= 0.3 is 0 Å². The van der Waals surface area contributed by atoms with Crippen LogP contribution in [0, 0.1) is 0 Å². The first-order chi connectivity index (χ1) is 11.8. The number of amides is 1. The lowest BCUT2D eigenvalue weighted by molar-refractivity contribution is -0.138. The predicted molar refractivity (Wildman–Crippen MR) is 87.4 cm³/mol. The molecule has 0 spiro atoms. The quantitative estimate of drug-likeness (QED) is 0.895. The molecule has 0 atom stereocenters. The van der Waals surface area contributed by atoms with Crippen LogP contribution in [-0.2, 0) is 10.2 Å². The van der Waals surface area contributed by atoms with Crippen molar-refractivity contribution in [3.05, 3.63) is 30.2 Å². The molecule has 4 rings (SSSR count). The summed E-state index contributed by atoms with van der Waals surface area (Å²) in [7, 11) is 0. The molecule has 2 fully saturated rings. The molecule has 24 heavy (non-hydrogen) atoms. The third kappa shape index (κ3) is 2.51. The van der Waals surface area contributed by atoms with E-state index in [1.54, 1.807) is 6.20 Å². The van der Waals surface area contributed by atoms with Crippen LogP contribution in [0.2, 0.25) is 0 Å². The monoisotopic (exact) mass is 327 g/mol. The first-order valence-electron chi connectivity index (χ1n) is 8.49. The van der Waals surface area contributed by atoms with Crippen molar-refractivity contribution in [1.82, 2.24) is 30.5 Å². The van der Waals surface area contributed by atoms with Crippen LogP contribution in [0.4, 0.5) is 5.82 Å². The Morgan fingerprint density at radius 2 is 1.92 bits per heavy atom. The summed E-state index contributed by atoms with van der Waals surface area (Å²) < 4.78 is 0. The summed E-state index contributed by atoms with van der Waals surface area (Å²) in [4.78, 5) is 21.8. The molecule has 1 amide bonds. The van der Waals surface area contributed by atoms with Gasteiger partial charge in [-0.25, -0.2) is 4.98 Å². The maximum absolute atomic E-state index is 13.2. The van der Waals surface area contributed by atoms with Gasteiger partial charge in [-0.2, -0.15) is 5.21 Å². The zero-order valence-electron chi connectivity index (χ0n) is 13.6. The van der Waals surface area contributed by atoms with Crippen LogP contribution in [0.1, 0.15) is 31.5 Å². The summed E-state index contributed by atoms with van der Waals surface area (Å²) in [6.45, 7) is 3.00. The van der Waals surface area contributed by atoms with Crippen molar-refractivity contribution in [3.8, 4) is 0 Å². The average Bonchev–Trinajstić information content (AvgIpc) is 3.34. The topological polar surface area (TPSA) is 90.9 Å². The van der Waals surface area contributed by atoms with Crippen molar-refractivity contribution in [2.75, 3.05) is 31.1 Å². The highest BCUT2D eigenvalue weighted by atomic mass is 16.2. The normalized spacial score (nSPS) is 20.3. The SMILES string of the molecule is O=C(N1CCN(c2ccccn2)CC1)C1(c2nn[nH]n2)CCCC1. The number of rotatable bonds is 3. The molecule has 1 aliphatic heterocycles. The van der Waals surface area contributed by atoms with Crippen molar-refractivity contribution in [1.29, 1.82) is 0 Å². The molecule has 1 saturated carbocycles. The van der Waals surface area contributed by atoms with E-state index in [2.05, 4.69) is 30.5 Å². The number of carbonyl (C=O) groups is 1. The number of nitrogens with zero attached hydrogens (tertiary/aromatic N) is 6. The second-order valence-corrected chi connectivity index (χ2v) is 6.49. The first-order valence-corrected chi connectivity index (χ1v) is 8.49. The second-order valence-electron chi connectivity index (χ2n) is 6.49. The minimum atomic E-state index is -0.583. The number of nitrogens with one attached hydrogen (secondary N) is 1. The van der Waals surface area contributed by atoms with Crippen molar-refractivity contribution >= 4 is 11.7 Å². The van der Waals surface area contributed by atoms with Crippen LogP contribution in [0.5, 0.6) is 0 Å². The highest BCUT2D eigenvalue weighted by Gasteiger charge is 2.48. The molecule has 2 aromatic heterocycles. The van der Waals surface area contributed by atoms with Crippen LogP contribution in [0.15, 0.2) is 24.4 Å². The summed E-state index contributed by atoms with van der Waals surface area (Å²) in [5, 5.41) is 14.4. The van der Waals surface area contributed by atoms with Gasteiger partial charge in [0, 0.05) is 32.4 Å². The van der Waals surface area contributed by atoms with E-state index in [9.17, 15) is 4.79 Å². The molecule has 0 unspecified atom stereocenters. The lowest BCUT2D eigenvalue weighted by Crippen LogP contribution is -2.54. The maximum Gasteiger partial charge on any atom is 0.236 e. The summed E-state index contributed by atoms with van der Waals surface area (Å²) in [5.41, 5.74) is -0.583. The molecule has 1 saturated heterocycles. The smallest absolute Gasteiger partial charge is 0.236 e. The third-order valence-corrected chi connectivity index (χ3v) is 5.18. The second kappa shape index (κ2) is 6.18. The average molecular weight is 327 g/mol. The molecule has 8 heteroatoms. The molecule has 0 bridgehead atoms. The Hall–Kier alpha value is -2.51. The fourth-order valence-corrected chi connectivity index (χ4v) is 3.86. The fourth-order valence-electron chi connectivity index (χ4n) is 3.86. The number of carbonyl (C=O) groups excluding carboxylic acids is 1. The summed E-state index contributed by atoms with van der Waals surface area (Å²) >= 11 is 0. The van der Waals surface area contributed by atoms with E-state index in [4.69, 9.17) is 0 Å². The summed E-state index contributed by atoms with van der Waals surface area (Å²) in [5.74, 6) is 1.68. The van der Waals surface area contributed by atoms with Crippen molar-refractivity contribution in [3.63, 3.8) is 0 Å². The van der Waals surface area contributed by atoms with E-state index < -0.39 is 5.41 Å². The van der Waals surface area contributed by atoms with Crippen LogP contribution >= 0.6 is 0 Å². The van der Waals surface area contributed by atoms with Gasteiger partial charge in [0.2, 0.25) is 5.91 Å². The molecular weight excluding hydrogens is 306 g/mol. The van der Waals surface area contributed by atoms with E-state index in [1.807, 2.05) is 23.1 Å². The Morgan fingerprint density at radius 3 is 2.54 bits per heavy atom. The van der Waals surface area contributed by atoms with Gasteiger partial charge in [-0.3, -0.25) is 4.79 Å². The zero-order valence-corrected chi connectivity index (χ0v) is 13.6. The Morgan fingerprint density at radius 1 is 1.12 bits per heavy atom. The standard InChI is InChI=1S/C16H21N7O/c24-15(16(6-2-3-7-16)14-18-20-21-19-14)23-11-9-22(10-12-23)13-5-1-4-8-17-13/h1,4-5,8H,2-3,6-7,9-12H2,(H,18,19,20,21). The Labute approximate surface area is 140 Å². The highest BCUT2D eigenvalue weighted by molar-refractivity contribution is 5.88. The Kier molecular flexibility index (Phi) is 3.87. The van der Waals surface area contributed by atoms with Crippen molar-refractivity contribution < 1.29 is 4.79 Å². The number of hydrogen-bond donors (Lipinski definition) is 1. The van der Waals surface area contributed by atoms with E-state index in [0.717, 1.165) is 44.6 Å². The first kappa shape index (κ1) is 15.0. The van der Waals surface area contributed by atoms with Gasteiger partial charge in [0.1, 0.15) is 11.2 Å². The van der Waals surface area contributed by atoms with Crippen LogP contribution in [0.25, 0.3) is 0 Å².